The largest absolute Gasteiger partial charge is 0.391 e. The summed E-state index contributed by atoms with van der Waals surface area (Å²) < 4.78 is 0. The number of aliphatic hydroxyl groups excluding tert-OH is 1. The van der Waals surface area contributed by atoms with Crippen LogP contribution in [-0.4, -0.2) is 29.2 Å². The average Bonchev–Trinajstić information content (AvgIpc) is 2.33. The molecule has 1 aromatic carbocycles. The molecule has 0 amide bonds. The smallest absolute Gasteiger partial charge is 0.271 e. The van der Waals surface area contributed by atoms with Gasteiger partial charge in [0.1, 0.15) is 0 Å². The van der Waals surface area contributed by atoms with Gasteiger partial charge in [-0.05, 0) is 24.8 Å². The zero-order valence-electron chi connectivity index (χ0n) is 10.7. The van der Waals surface area contributed by atoms with E-state index in [2.05, 4.69) is 0 Å². The van der Waals surface area contributed by atoms with Crippen LogP contribution >= 0.6 is 0 Å². The summed E-state index contributed by atoms with van der Waals surface area (Å²) in [6.45, 7) is 5.34. The SMILES string of the molecule is Cc1ccc([N+](=O)[O-])cc1N1CCC(C)C(O)C1. The van der Waals surface area contributed by atoms with E-state index in [0.717, 1.165) is 24.2 Å². The van der Waals surface area contributed by atoms with Gasteiger partial charge in [-0.2, -0.15) is 0 Å². The predicted molar refractivity (Wildman–Crippen MR) is 69.8 cm³/mol. The number of anilines is 1. The lowest BCUT2D eigenvalue weighted by molar-refractivity contribution is -0.384. The fourth-order valence-corrected chi connectivity index (χ4v) is 2.32. The van der Waals surface area contributed by atoms with Crippen molar-refractivity contribution in [3.05, 3.63) is 33.9 Å². The van der Waals surface area contributed by atoms with Gasteiger partial charge in [0.2, 0.25) is 0 Å². The third kappa shape index (κ3) is 2.46. The highest BCUT2D eigenvalue weighted by Gasteiger charge is 2.25. The molecular formula is C13H18N2O3. The number of benzene rings is 1. The summed E-state index contributed by atoms with van der Waals surface area (Å²) in [7, 11) is 0. The summed E-state index contributed by atoms with van der Waals surface area (Å²) in [6.07, 6.45) is 0.543. The summed E-state index contributed by atoms with van der Waals surface area (Å²) in [6, 6.07) is 4.87. The van der Waals surface area contributed by atoms with E-state index >= 15 is 0 Å². The second-order valence-electron chi connectivity index (χ2n) is 5.01. The lowest BCUT2D eigenvalue weighted by Crippen LogP contribution is -2.43. The van der Waals surface area contributed by atoms with Crippen LogP contribution in [0, 0.1) is 23.0 Å². The molecule has 0 aromatic heterocycles. The highest BCUT2D eigenvalue weighted by Crippen LogP contribution is 2.29. The van der Waals surface area contributed by atoms with Crippen LogP contribution < -0.4 is 4.90 Å². The van der Waals surface area contributed by atoms with E-state index in [1.807, 2.05) is 18.7 Å². The van der Waals surface area contributed by atoms with Gasteiger partial charge in [-0.25, -0.2) is 0 Å². The number of nitro groups is 1. The van der Waals surface area contributed by atoms with Crippen molar-refractivity contribution in [1.82, 2.24) is 0 Å². The Bertz CT molecular complexity index is 462. The molecule has 0 saturated carbocycles. The van der Waals surface area contributed by atoms with Crippen LogP contribution in [0.15, 0.2) is 18.2 Å². The molecule has 18 heavy (non-hydrogen) atoms. The van der Waals surface area contributed by atoms with E-state index in [1.54, 1.807) is 12.1 Å². The summed E-state index contributed by atoms with van der Waals surface area (Å²) in [5.41, 5.74) is 1.96. The first kappa shape index (κ1) is 12.8. The van der Waals surface area contributed by atoms with E-state index in [0.29, 0.717) is 12.5 Å². The van der Waals surface area contributed by atoms with Gasteiger partial charge >= 0.3 is 0 Å². The number of aryl methyl sites for hydroxylation is 1. The van der Waals surface area contributed by atoms with Crippen molar-refractivity contribution in [1.29, 1.82) is 0 Å². The number of nitro benzene ring substituents is 1. The Hall–Kier alpha value is -1.62. The highest BCUT2D eigenvalue weighted by molar-refractivity contribution is 5.59. The highest BCUT2D eigenvalue weighted by atomic mass is 16.6. The van der Waals surface area contributed by atoms with Crippen molar-refractivity contribution in [3.8, 4) is 0 Å². The van der Waals surface area contributed by atoms with Gasteiger partial charge in [-0.1, -0.05) is 13.0 Å². The van der Waals surface area contributed by atoms with Crippen LogP contribution in [0.4, 0.5) is 11.4 Å². The van der Waals surface area contributed by atoms with Gasteiger partial charge in [-0.15, -0.1) is 0 Å². The molecule has 1 N–H and O–H groups in total. The van der Waals surface area contributed by atoms with Crippen LogP contribution in [0.5, 0.6) is 0 Å². The minimum atomic E-state index is -0.383. The van der Waals surface area contributed by atoms with Crippen LogP contribution in [0.1, 0.15) is 18.9 Å². The Labute approximate surface area is 106 Å². The van der Waals surface area contributed by atoms with Crippen LogP contribution in [0.25, 0.3) is 0 Å². The molecule has 5 nitrogen and oxygen atoms in total. The fraction of sp³-hybridized carbons (Fsp3) is 0.538. The number of aliphatic hydroxyl groups is 1. The van der Waals surface area contributed by atoms with E-state index in [1.165, 1.54) is 6.07 Å². The zero-order chi connectivity index (χ0) is 13.3. The maximum Gasteiger partial charge on any atom is 0.271 e. The fourth-order valence-electron chi connectivity index (χ4n) is 2.32. The molecule has 1 heterocycles. The number of nitrogens with zero attached hydrogens (tertiary/aromatic N) is 2. The molecule has 1 aromatic rings. The maximum atomic E-state index is 10.8. The molecule has 1 saturated heterocycles. The molecule has 0 spiro atoms. The molecule has 0 bridgehead atoms. The van der Waals surface area contributed by atoms with Gasteiger partial charge in [-0.3, -0.25) is 10.1 Å². The van der Waals surface area contributed by atoms with Crippen LogP contribution in [0.2, 0.25) is 0 Å². The number of piperidine rings is 1. The Morgan fingerprint density at radius 2 is 2.22 bits per heavy atom. The van der Waals surface area contributed by atoms with E-state index in [4.69, 9.17) is 0 Å². The molecule has 2 rings (SSSR count). The average molecular weight is 250 g/mol. The first-order valence-corrected chi connectivity index (χ1v) is 6.17. The second-order valence-corrected chi connectivity index (χ2v) is 5.01. The Balaban J connectivity index is 2.27. The van der Waals surface area contributed by atoms with Crippen molar-refractivity contribution in [2.45, 2.75) is 26.4 Å². The quantitative estimate of drug-likeness (QED) is 0.645. The molecule has 5 heteroatoms. The maximum absolute atomic E-state index is 10.8. The third-order valence-electron chi connectivity index (χ3n) is 3.66. The molecular weight excluding hydrogens is 232 g/mol. The molecule has 98 valence electrons. The van der Waals surface area contributed by atoms with E-state index in [9.17, 15) is 15.2 Å². The number of non-ortho nitro benzene ring substituents is 1. The lowest BCUT2D eigenvalue weighted by Gasteiger charge is -2.36. The van der Waals surface area contributed by atoms with Gasteiger partial charge in [0.15, 0.2) is 0 Å². The molecule has 2 atom stereocenters. The Kier molecular flexibility index (Phi) is 3.52. The molecule has 0 radical (unpaired) electrons. The van der Waals surface area contributed by atoms with E-state index in [-0.39, 0.29) is 16.7 Å². The minimum absolute atomic E-state index is 0.101. The van der Waals surface area contributed by atoms with Crippen molar-refractivity contribution >= 4 is 11.4 Å². The van der Waals surface area contributed by atoms with Crippen molar-refractivity contribution in [2.75, 3.05) is 18.0 Å². The van der Waals surface area contributed by atoms with Gasteiger partial charge < -0.3 is 10.0 Å². The Morgan fingerprint density at radius 1 is 1.50 bits per heavy atom. The molecule has 1 fully saturated rings. The monoisotopic (exact) mass is 250 g/mol. The first-order chi connectivity index (χ1) is 8.49. The number of hydrogen-bond acceptors (Lipinski definition) is 4. The topological polar surface area (TPSA) is 66.6 Å². The normalized spacial score (nSPS) is 24.1. The van der Waals surface area contributed by atoms with Crippen LogP contribution in [-0.2, 0) is 0 Å². The molecule has 2 unspecified atom stereocenters. The predicted octanol–water partition coefficient (Wildman–Crippen LogP) is 2.11. The zero-order valence-corrected chi connectivity index (χ0v) is 10.7. The first-order valence-electron chi connectivity index (χ1n) is 6.17. The van der Waals surface area contributed by atoms with Crippen molar-refractivity contribution in [2.24, 2.45) is 5.92 Å². The summed E-state index contributed by atoms with van der Waals surface area (Å²) in [5, 5.41) is 20.7. The van der Waals surface area contributed by atoms with E-state index < -0.39 is 0 Å². The summed E-state index contributed by atoms with van der Waals surface area (Å²) >= 11 is 0. The third-order valence-corrected chi connectivity index (χ3v) is 3.66. The lowest BCUT2D eigenvalue weighted by atomic mass is 9.95. The molecule has 1 aliphatic heterocycles. The number of rotatable bonds is 2. The molecule has 1 aliphatic rings. The summed E-state index contributed by atoms with van der Waals surface area (Å²) in [5.74, 6) is 0.292. The molecule has 0 aliphatic carbocycles. The number of hydrogen-bond donors (Lipinski definition) is 1. The Morgan fingerprint density at radius 3 is 2.83 bits per heavy atom. The van der Waals surface area contributed by atoms with Gasteiger partial charge in [0.05, 0.1) is 11.0 Å². The van der Waals surface area contributed by atoms with Crippen molar-refractivity contribution in [3.63, 3.8) is 0 Å². The second kappa shape index (κ2) is 4.94. The minimum Gasteiger partial charge on any atom is -0.391 e. The van der Waals surface area contributed by atoms with Gasteiger partial charge in [0, 0.05) is 30.9 Å². The number of β-amino-alcohol motifs (C(OH)–C–C–N with tert-alkyl or cyclic N) is 1. The standard InChI is InChI=1S/C13H18N2O3/c1-9-3-4-11(15(17)18)7-12(9)14-6-5-10(2)13(16)8-14/h3-4,7,10,13,16H,5-6,8H2,1-2H3. The summed E-state index contributed by atoms with van der Waals surface area (Å²) in [4.78, 5) is 12.5. The van der Waals surface area contributed by atoms with Gasteiger partial charge in [0.25, 0.3) is 5.69 Å². The van der Waals surface area contributed by atoms with Crippen molar-refractivity contribution < 1.29 is 10.0 Å². The van der Waals surface area contributed by atoms with Crippen LogP contribution in [0.3, 0.4) is 0 Å².